The van der Waals surface area contributed by atoms with Crippen LogP contribution in [0.15, 0.2) is 60.9 Å². The fraction of sp³-hybridized carbons (Fsp3) is 0. The van der Waals surface area contributed by atoms with Crippen LogP contribution >= 0.6 is 0 Å². The highest BCUT2D eigenvalue weighted by molar-refractivity contribution is 5.80. The Morgan fingerprint density at radius 1 is 0.960 bits per heavy atom. The Bertz CT molecular complexity index is 1050. The molecule has 4 aromatic rings. The van der Waals surface area contributed by atoms with Crippen LogP contribution < -0.4 is 10.1 Å². The van der Waals surface area contributed by atoms with E-state index in [0.29, 0.717) is 17.3 Å². The van der Waals surface area contributed by atoms with Gasteiger partial charge < -0.3 is 15.0 Å². The first-order valence-corrected chi connectivity index (χ1v) is 7.47. The molecule has 0 aliphatic rings. The summed E-state index contributed by atoms with van der Waals surface area (Å²) in [7, 11) is 0. The highest BCUT2D eigenvalue weighted by Gasteiger charge is 2.06. The van der Waals surface area contributed by atoms with E-state index in [4.69, 9.17) is 4.74 Å². The quantitative estimate of drug-likeness (QED) is 0.562. The third-order valence-electron chi connectivity index (χ3n) is 3.55. The van der Waals surface area contributed by atoms with Gasteiger partial charge in [-0.2, -0.15) is 4.98 Å². The standard InChI is InChI=1S/C18H12F2N4O/c19-14-3-1-12(10-15(14)20)23-18-22-8-6-17(24-18)25-13-2-4-16-11(9-13)5-7-21-16/h1-10,21H,(H,22,23,24). The number of ether oxygens (including phenoxy) is 1. The van der Waals surface area contributed by atoms with Crippen molar-refractivity contribution in [2.24, 2.45) is 0 Å². The Morgan fingerprint density at radius 2 is 1.88 bits per heavy atom. The summed E-state index contributed by atoms with van der Waals surface area (Å²) in [5.41, 5.74) is 1.35. The molecule has 2 aromatic heterocycles. The van der Waals surface area contributed by atoms with Gasteiger partial charge in [-0.3, -0.25) is 0 Å². The lowest BCUT2D eigenvalue weighted by Crippen LogP contribution is -1.99. The lowest BCUT2D eigenvalue weighted by Gasteiger charge is -2.08. The predicted molar refractivity (Wildman–Crippen MR) is 90.0 cm³/mol. The zero-order valence-electron chi connectivity index (χ0n) is 12.8. The smallest absolute Gasteiger partial charge is 0.230 e. The van der Waals surface area contributed by atoms with Gasteiger partial charge in [0.2, 0.25) is 11.8 Å². The summed E-state index contributed by atoms with van der Waals surface area (Å²) in [6.07, 6.45) is 3.36. The number of fused-ring (bicyclic) bond motifs is 1. The van der Waals surface area contributed by atoms with Crippen molar-refractivity contribution in [2.75, 3.05) is 5.32 Å². The molecule has 2 heterocycles. The van der Waals surface area contributed by atoms with Gasteiger partial charge in [-0.15, -0.1) is 0 Å². The van der Waals surface area contributed by atoms with Gasteiger partial charge in [0.05, 0.1) is 0 Å². The molecule has 25 heavy (non-hydrogen) atoms. The Labute approximate surface area is 141 Å². The fourth-order valence-electron chi connectivity index (χ4n) is 2.38. The summed E-state index contributed by atoms with van der Waals surface area (Å²) in [6, 6.07) is 12.6. The average Bonchev–Trinajstić information content (AvgIpc) is 3.06. The van der Waals surface area contributed by atoms with E-state index < -0.39 is 11.6 Å². The molecule has 0 aliphatic carbocycles. The van der Waals surface area contributed by atoms with Gasteiger partial charge in [0.25, 0.3) is 0 Å². The second-order valence-corrected chi connectivity index (χ2v) is 5.30. The molecule has 0 fully saturated rings. The van der Waals surface area contributed by atoms with Crippen molar-refractivity contribution < 1.29 is 13.5 Å². The first kappa shape index (κ1) is 15.1. The Morgan fingerprint density at radius 3 is 2.76 bits per heavy atom. The lowest BCUT2D eigenvalue weighted by atomic mass is 10.2. The van der Waals surface area contributed by atoms with Gasteiger partial charge in [0, 0.05) is 41.1 Å². The number of nitrogens with zero attached hydrogens (tertiary/aromatic N) is 2. The summed E-state index contributed by atoms with van der Waals surface area (Å²) in [5.74, 6) is -0.688. The van der Waals surface area contributed by atoms with E-state index in [2.05, 4.69) is 20.3 Å². The highest BCUT2D eigenvalue weighted by atomic mass is 19.2. The molecule has 0 amide bonds. The molecule has 124 valence electrons. The number of nitrogens with one attached hydrogen (secondary N) is 2. The van der Waals surface area contributed by atoms with Gasteiger partial charge in [-0.05, 0) is 36.4 Å². The van der Waals surface area contributed by atoms with Crippen LogP contribution in [0.25, 0.3) is 10.9 Å². The van der Waals surface area contributed by atoms with Gasteiger partial charge >= 0.3 is 0 Å². The molecule has 0 bridgehead atoms. The number of rotatable bonds is 4. The second kappa shape index (κ2) is 6.20. The van der Waals surface area contributed by atoms with E-state index in [0.717, 1.165) is 23.0 Å². The predicted octanol–water partition coefficient (Wildman–Crippen LogP) is 4.77. The number of hydrogen-bond donors (Lipinski definition) is 2. The molecule has 2 aromatic carbocycles. The molecule has 7 heteroatoms. The monoisotopic (exact) mass is 338 g/mol. The number of H-pyrrole nitrogens is 1. The van der Waals surface area contributed by atoms with Gasteiger partial charge in [0.1, 0.15) is 5.75 Å². The minimum Gasteiger partial charge on any atom is -0.439 e. The SMILES string of the molecule is Fc1ccc(Nc2nccc(Oc3ccc4[nH]ccc4c3)n2)cc1F. The van der Waals surface area contributed by atoms with E-state index in [1.54, 1.807) is 6.07 Å². The van der Waals surface area contributed by atoms with Crippen molar-refractivity contribution >= 4 is 22.5 Å². The number of aromatic nitrogens is 3. The van der Waals surface area contributed by atoms with Gasteiger partial charge in [-0.1, -0.05) is 0 Å². The van der Waals surface area contributed by atoms with Crippen LogP contribution in [0.5, 0.6) is 11.6 Å². The molecule has 0 spiro atoms. The maximum absolute atomic E-state index is 13.3. The van der Waals surface area contributed by atoms with Crippen molar-refractivity contribution in [3.05, 3.63) is 72.6 Å². The maximum atomic E-state index is 13.3. The second-order valence-electron chi connectivity index (χ2n) is 5.30. The average molecular weight is 338 g/mol. The van der Waals surface area contributed by atoms with E-state index in [1.165, 1.54) is 12.3 Å². The van der Waals surface area contributed by atoms with Crippen LogP contribution in [0.3, 0.4) is 0 Å². The molecular formula is C18H12F2N4O. The summed E-state index contributed by atoms with van der Waals surface area (Å²) in [4.78, 5) is 11.4. The molecule has 0 radical (unpaired) electrons. The van der Waals surface area contributed by atoms with Crippen molar-refractivity contribution in [3.8, 4) is 11.6 Å². The number of hydrogen-bond acceptors (Lipinski definition) is 4. The molecule has 0 aliphatic heterocycles. The largest absolute Gasteiger partial charge is 0.439 e. The summed E-state index contributed by atoms with van der Waals surface area (Å²) in [6.45, 7) is 0. The first-order chi connectivity index (χ1) is 12.2. The highest BCUT2D eigenvalue weighted by Crippen LogP contribution is 2.25. The number of aromatic amines is 1. The van der Waals surface area contributed by atoms with Crippen LogP contribution in [-0.4, -0.2) is 15.0 Å². The molecule has 2 N–H and O–H groups in total. The van der Waals surface area contributed by atoms with Crippen molar-refractivity contribution in [3.63, 3.8) is 0 Å². The van der Waals surface area contributed by atoms with Crippen LogP contribution in [0.1, 0.15) is 0 Å². The van der Waals surface area contributed by atoms with E-state index >= 15 is 0 Å². The summed E-state index contributed by atoms with van der Waals surface area (Å²) in [5, 5.41) is 3.83. The van der Waals surface area contributed by atoms with Gasteiger partial charge in [-0.25, -0.2) is 13.8 Å². The minimum absolute atomic E-state index is 0.214. The molecule has 5 nitrogen and oxygen atoms in total. The topological polar surface area (TPSA) is 62.8 Å². The molecule has 0 saturated carbocycles. The Hall–Kier alpha value is -3.48. The Balaban J connectivity index is 1.55. The van der Waals surface area contributed by atoms with E-state index in [-0.39, 0.29) is 5.95 Å². The number of halogens is 2. The van der Waals surface area contributed by atoms with Crippen LogP contribution in [0, 0.1) is 11.6 Å². The zero-order valence-corrected chi connectivity index (χ0v) is 12.8. The first-order valence-electron chi connectivity index (χ1n) is 7.47. The lowest BCUT2D eigenvalue weighted by molar-refractivity contribution is 0.463. The third-order valence-corrected chi connectivity index (χ3v) is 3.55. The van der Waals surface area contributed by atoms with Crippen LogP contribution in [-0.2, 0) is 0 Å². The van der Waals surface area contributed by atoms with E-state index in [1.807, 2.05) is 30.5 Å². The normalized spacial score (nSPS) is 10.8. The van der Waals surface area contributed by atoms with Crippen molar-refractivity contribution in [2.45, 2.75) is 0 Å². The number of benzene rings is 2. The van der Waals surface area contributed by atoms with Crippen LogP contribution in [0.2, 0.25) is 0 Å². The molecule has 0 saturated heterocycles. The molecular weight excluding hydrogens is 326 g/mol. The summed E-state index contributed by atoms with van der Waals surface area (Å²) >= 11 is 0. The van der Waals surface area contributed by atoms with Gasteiger partial charge in [0.15, 0.2) is 11.6 Å². The zero-order chi connectivity index (χ0) is 17.2. The minimum atomic E-state index is -0.947. The maximum Gasteiger partial charge on any atom is 0.230 e. The van der Waals surface area contributed by atoms with Crippen molar-refractivity contribution in [1.29, 1.82) is 0 Å². The molecule has 4 rings (SSSR count). The molecule has 0 atom stereocenters. The number of anilines is 2. The van der Waals surface area contributed by atoms with Crippen LogP contribution in [0.4, 0.5) is 20.4 Å². The summed E-state index contributed by atoms with van der Waals surface area (Å²) < 4.78 is 32.0. The van der Waals surface area contributed by atoms with E-state index in [9.17, 15) is 8.78 Å². The fourth-order valence-corrected chi connectivity index (χ4v) is 2.38. The Kier molecular flexibility index (Phi) is 3.74. The van der Waals surface area contributed by atoms with Crippen molar-refractivity contribution in [1.82, 2.24) is 15.0 Å². The molecule has 0 unspecified atom stereocenters. The third kappa shape index (κ3) is 3.25.